The summed E-state index contributed by atoms with van der Waals surface area (Å²) in [6.45, 7) is 0. The molecule has 1 amide bonds. The molecular formula is C29H18Br2ClN3O3. The molecule has 1 aromatic heterocycles. The molecule has 2 N–H and O–H groups in total. The third-order valence-corrected chi connectivity index (χ3v) is 6.93. The van der Waals surface area contributed by atoms with Crippen molar-refractivity contribution in [3.05, 3.63) is 122 Å². The van der Waals surface area contributed by atoms with E-state index in [1.165, 1.54) is 6.21 Å². The molecular weight excluding hydrogens is 634 g/mol. The first-order valence-corrected chi connectivity index (χ1v) is 13.3. The third-order valence-electron chi connectivity index (χ3n) is 5.67. The molecule has 0 saturated heterocycles. The van der Waals surface area contributed by atoms with Gasteiger partial charge >= 0.3 is 5.97 Å². The van der Waals surface area contributed by atoms with Crippen LogP contribution in [0, 0.1) is 0 Å². The first-order valence-electron chi connectivity index (χ1n) is 11.4. The summed E-state index contributed by atoms with van der Waals surface area (Å²) in [5.74, 6) is -0.650. The van der Waals surface area contributed by atoms with Crippen LogP contribution in [0.1, 0.15) is 26.4 Å². The number of carbonyl (C=O) groups is 2. The van der Waals surface area contributed by atoms with Crippen LogP contribution >= 0.6 is 43.5 Å². The average Bonchev–Trinajstić information content (AvgIpc) is 3.29. The Balaban J connectivity index is 1.41. The molecule has 0 unspecified atom stereocenters. The summed E-state index contributed by atoms with van der Waals surface area (Å²) in [4.78, 5) is 29.1. The highest BCUT2D eigenvalue weighted by molar-refractivity contribution is 9.10. The molecule has 5 rings (SSSR count). The van der Waals surface area contributed by atoms with Gasteiger partial charge in [-0.05, 0) is 66.2 Å². The normalized spacial score (nSPS) is 11.1. The highest BCUT2D eigenvalue weighted by Crippen LogP contribution is 2.34. The fourth-order valence-electron chi connectivity index (χ4n) is 3.91. The van der Waals surface area contributed by atoms with Gasteiger partial charge in [-0.1, -0.05) is 73.8 Å². The lowest BCUT2D eigenvalue weighted by atomic mass is 10.0. The van der Waals surface area contributed by atoms with Crippen molar-refractivity contribution in [2.24, 2.45) is 5.10 Å². The number of halogens is 3. The van der Waals surface area contributed by atoms with E-state index in [0.29, 0.717) is 27.6 Å². The highest BCUT2D eigenvalue weighted by Gasteiger charge is 2.19. The van der Waals surface area contributed by atoms with Gasteiger partial charge in [-0.25, -0.2) is 10.2 Å². The first kappa shape index (κ1) is 25.9. The van der Waals surface area contributed by atoms with Crippen LogP contribution in [0.4, 0.5) is 0 Å². The number of nitrogens with zero attached hydrogens (tertiary/aromatic N) is 1. The number of carbonyl (C=O) groups excluding carboxylic acids is 2. The molecule has 0 radical (unpaired) electrons. The molecule has 0 atom stereocenters. The number of ether oxygens (including phenoxy) is 1. The summed E-state index contributed by atoms with van der Waals surface area (Å²) in [5, 5.41) is 5.54. The maximum Gasteiger partial charge on any atom is 0.343 e. The van der Waals surface area contributed by atoms with Crippen molar-refractivity contribution in [1.29, 1.82) is 0 Å². The van der Waals surface area contributed by atoms with Crippen molar-refractivity contribution in [3.8, 4) is 16.9 Å². The van der Waals surface area contributed by atoms with Gasteiger partial charge in [0, 0.05) is 36.0 Å². The van der Waals surface area contributed by atoms with Crippen LogP contribution in [0.25, 0.3) is 22.0 Å². The Morgan fingerprint density at radius 1 is 0.895 bits per heavy atom. The maximum atomic E-state index is 13.2. The second-order valence-corrected chi connectivity index (χ2v) is 10.5. The standard InChI is InChI=1S/C29H18Br2ClN3O3/c30-20-8-6-18(7-9-20)29(37)38-25-13-10-21(31)14-19(25)16-33-35-28(36)27-26(17-4-2-1-3-5-17)23-15-22(32)11-12-24(23)34-27/h1-16,34H,(H,35,36). The summed E-state index contributed by atoms with van der Waals surface area (Å²) in [6.07, 6.45) is 1.43. The van der Waals surface area contributed by atoms with Crippen LogP contribution < -0.4 is 10.2 Å². The lowest BCUT2D eigenvalue weighted by Crippen LogP contribution is -2.19. The lowest BCUT2D eigenvalue weighted by molar-refractivity contribution is 0.0734. The van der Waals surface area contributed by atoms with E-state index in [9.17, 15) is 9.59 Å². The van der Waals surface area contributed by atoms with E-state index in [1.54, 1.807) is 48.5 Å². The molecule has 4 aromatic carbocycles. The van der Waals surface area contributed by atoms with E-state index in [1.807, 2.05) is 42.5 Å². The van der Waals surface area contributed by atoms with Crippen LogP contribution in [0.15, 0.2) is 105 Å². The monoisotopic (exact) mass is 649 g/mol. The number of rotatable bonds is 6. The van der Waals surface area contributed by atoms with Gasteiger partial charge in [0.2, 0.25) is 0 Å². The van der Waals surface area contributed by atoms with Crippen molar-refractivity contribution < 1.29 is 14.3 Å². The summed E-state index contributed by atoms with van der Waals surface area (Å²) >= 11 is 13.0. The number of amides is 1. The van der Waals surface area contributed by atoms with Crippen molar-refractivity contribution in [2.75, 3.05) is 0 Å². The molecule has 0 fully saturated rings. The smallest absolute Gasteiger partial charge is 0.343 e. The minimum absolute atomic E-state index is 0.296. The molecule has 0 spiro atoms. The number of aromatic amines is 1. The highest BCUT2D eigenvalue weighted by atomic mass is 79.9. The summed E-state index contributed by atoms with van der Waals surface area (Å²) in [7, 11) is 0. The van der Waals surface area contributed by atoms with E-state index >= 15 is 0 Å². The predicted octanol–water partition coefficient (Wildman–Crippen LogP) is 8.00. The molecule has 0 aliphatic carbocycles. The van der Waals surface area contributed by atoms with Gasteiger partial charge in [0.05, 0.1) is 11.8 Å². The zero-order chi connectivity index (χ0) is 26.6. The summed E-state index contributed by atoms with van der Waals surface area (Å²) in [6, 6.07) is 27.0. The van der Waals surface area contributed by atoms with Gasteiger partial charge in [0.1, 0.15) is 11.4 Å². The number of hydrogen-bond donors (Lipinski definition) is 2. The molecule has 6 nitrogen and oxygen atoms in total. The van der Waals surface area contributed by atoms with Crippen LogP contribution in [0.5, 0.6) is 5.75 Å². The van der Waals surface area contributed by atoms with E-state index in [-0.39, 0.29) is 0 Å². The van der Waals surface area contributed by atoms with Gasteiger partial charge < -0.3 is 9.72 Å². The molecule has 0 aliphatic heterocycles. The minimum atomic E-state index is -0.511. The second-order valence-electron chi connectivity index (χ2n) is 8.21. The van der Waals surface area contributed by atoms with Crippen molar-refractivity contribution in [2.45, 2.75) is 0 Å². The Morgan fingerprint density at radius 2 is 1.63 bits per heavy atom. The fourth-order valence-corrected chi connectivity index (χ4v) is 4.73. The molecule has 5 aromatic rings. The molecule has 38 heavy (non-hydrogen) atoms. The average molecular weight is 652 g/mol. The Labute approximate surface area is 239 Å². The number of aromatic nitrogens is 1. The van der Waals surface area contributed by atoms with E-state index in [4.69, 9.17) is 16.3 Å². The molecule has 0 aliphatic rings. The SMILES string of the molecule is O=C(Oc1ccc(Br)cc1C=NNC(=O)c1[nH]c2ccc(Cl)cc2c1-c1ccccc1)c1ccc(Br)cc1. The quantitative estimate of drug-likeness (QED) is 0.0845. The molecule has 0 bridgehead atoms. The Bertz CT molecular complexity index is 1680. The molecule has 188 valence electrons. The second kappa shape index (κ2) is 11.3. The topological polar surface area (TPSA) is 83.5 Å². The number of fused-ring (bicyclic) bond motifs is 1. The van der Waals surface area contributed by atoms with Crippen LogP contribution in [-0.4, -0.2) is 23.1 Å². The third kappa shape index (κ3) is 5.72. The zero-order valence-electron chi connectivity index (χ0n) is 19.5. The van der Waals surface area contributed by atoms with Crippen LogP contribution in [0.3, 0.4) is 0 Å². The zero-order valence-corrected chi connectivity index (χ0v) is 23.5. The van der Waals surface area contributed by atoms with Gasteiger partial charge in [0.15, 0.2) is 0 Å². The number of nitrogens with one attached hydrogen (secondary N) is 2. The summed E-state index contributed by atoms with van der Waals surface area (Å²) < 4.78 is 7.21. The Kier molecular flexibility index (Phi) is 7.74. The first-order chi connectivity index (χ1) is 18.4. The number of hydrazone groups is 1. The van der Waals surface area contributed by atoms with Gasteiger partial charge in [-0.2, -0.15) is 5.10 Å². The van der Waals surface area contributed by atoms with Crippen LogP contribution in [-0.2, 0) is 0 Å². The minimum Gasteiger partial charge on any atom is -0.422 e. The number of H-pyrrole nitrogens is 1. The van der Waals surface area contributed by atoms with Gasteiger partial charge in [-0.3, -0.25) is 4.79 Å². The molecule has 9 heteroatoms. The van der Waals surface area contributed by atoms with E-state index in [0.717, 1.165) is 31.0 Å². The lowest BCUT2D eigenvalue weighted by Gasteiger charge is -2.08. The van der Waals surface area contributed by atoms with Crippen molar-refractivity contribution in [3.63, 3.8) is 0 Å². The number of esters is 1. The number of benzene rings is 4. The maximum absolute atomic E-state index is 13.2. The Hall–Kier alpha value is -3.72. The van der Waals surface area contributed by atoms with Crippen LogP contribution in [0.2, 0.25) is 5.02 Å². The Morgan fingerprint density at radius 3 is 2.39 bits per heavy atom. The van der Waals surface area contributed by atoms with Gasteiger partial charge in [-0.15, -0.1) is 0 Å². The van der Waals surface area contributed by atoms with E-state index in [2.05, 4.69) is 47.4 Å². The fraction of sp³-hybridized carbons (Fsp3) is 0. The summed E-state index contributed by atoms with van der Waals surface area (Å²) in [5.41, 5.74) is 6.19. The molecule has 1 heterocycles. The van der Waals surface area contributed by atoms with Gasteiger partial charge in [0.25, 0.3) is 5.91 Å². The largest absolute Gasteiger partial charge is 0.422 e. The van der Waals surface area contributed by atoms with Crippen molar-refractivity contribution >= 4 is 72.5 Å². The molecule has 0 saturated carbocycles. The number of hydrogen-bond acceptors (Lipinski definition) is 4. The van der Waals surface area contributed by atoms with E-state index < -0.39 is 11.9 Å². The van der Waals surface area contributed by atoms with Crippen molar-refractivity contribution in [1.82, 2.24) is 10.4 Å². The predicted molar refractivity (Wildman–Crippen MR) is 157 cm³/mol.